The van der Waals surface area contributed by atoms with E-state index in [2.05, 4.69) is 20.3 Å². The van der Waals surface area contributed by atoms with Crippen LogP contribution in [-0.4, -0.2) is 80.8 Å². The van der Waals surface area contributed by atoms with Gasteiger partial charge in [0.05, 0.1) is 23.0 Å². The quantitative estimate of drug-likeness (QED) is 0.308. The molecule has 4 heterocycles. The third kappa shape index (κ3) is 8.18. The van der Waals surface area contributed by atoms with Crippen LogP contribution in [-0.2, 0) is 20.9 Å². The second kappa shape index (κ2) is 13.2. The minimum absolute atomic E-state index is 0.0170. The fourth-order valence-electron chi connectivity index (χ4n) is 5.98. The lowest BCUT2D eigenvalue weighted by Gasteiger charge is -2.37. The lowest BCUT2D eigenvalue weighted by atomic mass is 9.95. The first-order chi connectivity index (χ1) is 21.9. The van der Waals surface area contributed by atoms with Crippen LogP contribution in [0.1, 0.15) is 70.5 Å². The standard InChI is InChI=1S/C31H39ClF3N7O4S/c1-19-16-41(47(5,44)45)13-11-23(19)38-28-36-15-21(31(33,34)35)27(39-28)24-17-40(18-37-24)26-10-9-20(14-22(26)32)25-8-6-7-12-42(25)29(43)46-30(2,3)4/h9-10,14-15,17-19,23,25H,6-8,11-13,16H2,1-5H3,(H,36,38,39)/t19-,23?,25?/m1/s1. The number of carbonyl (C=O) groups is 1. The van der Waals surface area contributed by atoms with E-state index in [9.17, 15) is 26.4 Å². The molecule has 2 aromatic heterocycles. The van der Waals surface area contributed by atoms with Crippen LogP contribution in [0.3, 0.4) is 0 Å². The number of anilines is 1. The normalized spacial score (nSPS) is 21.5. The number of halogens is 4. The molecule has 2 saturated heterocycles. The van der Waals surface area contributed by atoms with E-state index in [1.165, 1.54) is 21.4 Å². The van der Waals surface area contributed by atoms with Gasteiger partial charge in [0.1, 0.15) is 28.9 Å². The molecule has 0 bridgehead atoms. The number of carbonyl (C=O) groups excluding carboxylic acids is 1. The van der Waals surface area contributed by atoms with Crippen molar-refractivity contribution in [2.45, 2.75) is 77.2 Å². The number of rotatable bonds is 6. The molecule has 3 aromatic rings. The summed E-state index contributed by atoms with van der Waals surface area (Å²) in [6, 6.07) is 4.87. The van der Waals surface area contributed by atoms with Crippen LogP contribution in [0, 0.1) is 5.92 Å². The van der Waals surface area contributed by atoms with Gasteiger partial charge >= 0.3 is 12.3 Å². The van der Waals surface area contributed by atoms with Gasteiger partial charge in [-0.1, -0.05) is 24.6 Å². The first kappa shape index (κ1) is 34.9. The van der Waals surface area contributed by atoms with E-state index in [4.69, 9.17) is 16.3 Å². The third-order valence-corrected chi connectivity index (χ3v) is 9.91. The molecule has 0 spiro atoms. The number of amides is 1. The Kier molecular flexibility index (Phi) is 9.82. The van der Waals surface area contributed by atoms with Gasteiger partial charge in [-0.05, 0) is 70.1 Å². The van der Waals surface area contributed by atoms with E-state index in [1.807, 2.05) is 33.8 Å². The maximum atomic E-state index is 14.1. The van der Waals surface area contributed by atoms with Crippen LogP contribution in [0.15, 0.2) is 36.9 Å². The highest BCUT2D eigenvalue weighted by Crippen LogP contribution is 2.38. The highest BCUT2D eigenvalue weighted by atomic mass is 35.5. The van der Waals surface area contributed by atoms with E-state index < -0.39 is 39.2 Å². The number of alkyl halides is 3. The molecule has 3 atom stereocenters. The van der Waals surface area contributed by atoms with Gasteiger partial charge in [0.25, 0.3) is 0 Å². The molecule has 1 aromatic carbocycles. The van der Waals surface area contributed by atoms with Gasteiger partial charge in [-0.2, -0.15) is 13.2 Å². The van der Waals surface area contributed by atoms with Gasteiger partial charge in [0.15, 0.2) is 0 Å². The Hall–Kier alpha value is -3.43. The van der Waals surface area contributed by atoms with Crippen molar-refractivity contribution in [3.05, 3.63) is 53.1 Å². The van der Waals surface area contributed by atoms with E-state index in [-0.39, 0.29) is 42.7 Å². The molecule has 0 aliphatic carbocycles. The maximum Gasteiger partial charge on any atom is 0.420 e. The summed E-state index contributed by atoms with van der Waals surface area (Å²) in [5.41, 5.74) is -0.811. The number of imidazole rings is 1. The molecule has 2 aliphatic rings. The average molecular weight is 698 g/mol. The summed E-state index contributed by atoms with van der Waals surface area (Å²) in [6.45, 7) is 8.42. The Morgan fingerprint density at radius 2 is 1.85 bits per heavy atom. The average Bonchev–Trinajstić information content (AvgIpc) is 3.46. The first-order valence-corrected chi connectivity index (χ1v) is 17.6. The predicted octanol–water partition coefficient (Wildman–Crippen LogP) is 6.55. The van der Waals surface area contributed by atoms with Gasteiger partial charge in [-0.25, -0.2) is 32.5 Å². The van der Waals surface area contributed by atoms with Crippen molar-refractivity contribution in [1.82, 2.24) is 28.7 Å². The fourth-order valence-corrected chi connectivity index (χ4v) is 7.21. The van der Waals surface area contributed by atoms with Crippen molar-refractivity contribution in [2.24, 2.45) is 5.92 Å². The number of nitrogens with one attached hydrogen (secondary N) is 1. The van der Waals surface area contributed by atoms with Crippen molar-refractivity contribution in [3.8, 4) is 17.1 Å². The molecule has 0 saturated carbocycles. The monoisotopic (exact) mass is 697 g/mol. The molecular weight excluding hydrogens is 659 g/mol. The molecular formula is C31H39ClF3N7O4S. The largest absolute Gasteiger partial charge is 0.444 e. The van der Waals surface area contributed by atoms with Crippen LogP contribution < -0.4 is 5.32 Å². The summed E-state index contributed by atoms with van der Waals surface area (Å²) in [4.78, 5) is 27.1. The molecule has 11 nitrogen and oxygen atoms in total. The SMILES string of the molecule is C[C@@H]1CN(S(C)(=O)=O)CCC1Nc1ncc(C(F)(F)F)c(-c2cn(-c3ccc(C4CCCCN4C(=O)OC(C)(C)C)cc3Cl)cn2)n1. The number of hydrogen-bond acceptors (Lipinski definition) is 8. The highest BCUT2D eigenvalue weighted by molar-refractivity contribution is 7.88. The molecule has 0 radical (unpaired) electrons. The number of likely N-dealkylation sites (tertiary alicyclic amines) is 1. The number of sulfonamides is 1. The van der Waals surface area contributed by atoms with Crippen molar-refractivity contribution < 1.29 is 31.1 Å². The van der Waals surface area contributed by atoms with Crippen molar-refractivity contribution >= 4 is 33.7 Å². The Labute approximate surface area is 277 Å². The predicted molar refractivity (Wildman–Crippen MR) is 172 cm³/mol. The van der Waals surface area contributed by atoms with Crippen molar-refractivity contribution in [2.75, 3.05) is 31.2 Å². The van der Waals surface area contributed by atoms with Crippen LogP contribution in [0.25, 0.3) is 17.1 Å². The van der Waals surface area contributed by atoms with Crippen LogP contribution >= 0.6 is 11.6 Å². The van der Waals surface area contributed by atoms with Crippen LogP contribution in [0.4, 0.5) is 23.9 Å². The topological polar surface area (TPSA) is 123 Å². The first-order valence-electron chi connectivity index (χ1n) is 15.4. The molecule has 256 valence electrons. The van der Waals surface area contributed by atoms with E-state index in [1.54, 1.807) is 17.0 Å². The molecule has 2 unspecified atom stereocenters. The van der Waals surface area contributed by atoms with Crippen LogP contribution in [0.2, 0.25) is 5.02 Å². The highest BCUT2D eigenvalue weighted by Gasteiger charge is 2.37. The second-order valence-corrected chi connectivity index (χ2v) is 15.5. The Morgan fingerprint density at radius 1 is 1.11 bits per heavy atom. The number of benzene rings is 1. The van der Waals surface area contributed by atoms with E-state index >= 15 is 0 Å². The summed E-state index contributed by atoms with van der Waals surface area (Å²) in [6.07, 6.45) is 2.49. The number of piperidine rings is 2. The molecule has 5 rings (SSSR count). The Bertz CT molecular complexity index is 1730. The fraction of sp³-hybridized carbons (Fsp3) is 0.548. The maximum absolute atomic E-state index is 14.1. The number of aromatic nitrogens is 4. The number of nitrogens with zero attached hydrogens (tertiary/aromatic N) is 6. The smallest absolute Gasteiger partial charge is 0.420 e. The molecule has 47 heavy (non-hydrogen) atoms. The van der Waals surface area contributed by atoms with E-state index in [0.29, 0.717) is 23.7 Å². The third-order valence-electron chi connectivity index (χ3n) is 8.34. The summed E-state index contributed by atoms with van der Waals surface area (Å²) >= 11 is 6.72. The Balaban J connectivity index is 1.39. The minimum atomic E-state index is -4.74. The molecule has 16 heteroatoms. The molecule has 2 aliphatic heterocycles. The van der Waals surface area contributed by atoms with Gasteiger partial charge in [0, 0.05) is 38.1 Å². The minimum Gasteiger partial charge on any atom is -0.444 e. The van der Waals surface area contributed by atoms with Crippen LogP contribution in [0.5, 0.6) is 0 Å². The molecule has 1 amide bonds. The van der Waals surface area contributed by atoms with Gasteiger partial charge in [-0.3, -0.25) is 0 Å². The zero-order chi connectivity index (χ0) is 34.3. The summed E-state index contributed by atoms with van der Waals surface area (Å²) < 4.78 is 74.7. The Morgan fingerprint density at radius 3 is 2.49 bits per heavy atom. The van der Waals surface area contributed by atoms with Crippen molar-refractivity contribution in [1.29, 1.82) is 0 Å². The molecule has 1 N–H and O–H groups in total. The summed E-state index contributed by atoms with van der Waals surface area (Å²) in [5, 5.41) is 3.43. The van der Waals surface area contributed by atoms with Crippen molar-refractivity contribution in [3.63, 3.8) is 0 Å². The zero-order valence-electron chi connectivity index (χ0n) is 26.9. The number of ether oxygens (including phenoxy) is 1. The lowest BCUT2D eigenvalue weighted by molar-refractivity contribution is -0.137. The molecule has 2 fully saturated rings. The number of hydrogen-bond donors (Lipinski definition) is 1. The van der Waals surface area contributed by atoms with Gasteiger partial charge in [0.2, 0.25) is 16.0 Å². The lowest BCUT2D eigenvalue weighted by Crippen LogP contribution is -2.47. The summed E-state index contributed by atoms with van der Waals surface area (Å²) in [5.74, 6) is -0.154. The van der Waals surface area contributed by atoms with E-state index in [0.717, 1.165) is 37.3 Å². The zero-order valence-corrected chi connectivity index (χ0v) is 28.5. The van der Waals surface area contributed by atoms with Gasteiger partial charge < -0.3 is 19.5 Å². The second-order valence-electron chi connectivity index (χ2n) is 13.2. The summed E-state index contributed by atoms with van der Waals surface area (Å²) in [7, 11) is -3.36. The van der Waals surface area contributed by atoms with Gasteiger partial charge in [-0.15, -0.1) is 0 Å².